The van der Waals surface area contributed by atoms with Crippen molar-refractivity contribution in [1.29, 1.82) is 0 Å². The zero-order valence-corrected chi connectivity index (χ0v) is 8.18. The van der Waals surface area contributed by atoms with Gasteiger partial charge in [-0.25, -0.2) is 0 Å². The van der Waals surface area contributed by atoms with Gasteiger partial charge in [0.1, 0.15) is 0 Å². The standard InChI is InChI=1S/C10H19NO/c1-3-8-11(9(2)12)10-6-4-5-7-10/h10H,3-8H2,1-2H3. The quantitative estimate of drug-likeness (QED) is 0.634. The van der Waals surface area contributed by atoms with E-state index in [2.05, 4.69) is 6.92 Å². The zero-order valence-electron chi connectivity index (χ0n) is 8.18. The van der Waals surface area contributed by atoms with Gasteiger partial charge in [-0.15, -0.1) is 0 Å². The molecule has 0 aliphatic heterocycles. The van der Waals surface area contributed by atoms with Crippen molar-refractivity contribution in [1.82, 2.24) is 4.90 Å². The third-order valence-corrected chi connectivity index (χ3v) is 2.63. The zero-order chi connectivity index (χ0) is 8.97. The van der Waals surface area contributed by atoms with E-state index in [0.29, 0.717) is 6.04 Å². The van der Waals surface area contributed by atoms with Gasteiger partial charge in [-0.1, -0.05) is 19.8 Å². The molecule has 1 rings (SSSR count). The molecule has 0 bridgehead atoms. The second-order valence-electron chi connectivity index (χ2n) is 3.65. The van der Waals surface area contributed by atoms with Crippen LogP contribution >= 0.6 is 0 Å². The lowest BCUT2D eigenvalue weighted by Gasteiger charge is -2.27. The van der Waals surface area contributed by atoms with Crippen LogP contribution < -0.4 is 0 Å². The molecule has 2 nitrogen and oxygen atoms in total. The third kappa shape index (κ3) is 2.23. The van der Waals surface area contributed by atoms with Crippen LogP contribution in [0.25, 0.3) is 0 Å². The highest BCUT2D eigenvalue weighted by Crippen LogP contribution is 2.23. The van der Waals surface area contributed by atoms with Crippen molar-refractivity contribution < 1.29 is 4.79 Å². The Bertz CT molecular complexity index is 150. The molecule has 2 heteroatoms. The largest absolute Gasteiger partial charge is 0.340 e. The summed E-state index contributed by atoms with van der Waals surface area (Å²) in [6.45, 7) is 4.76. The van der Waals surface area contributed by atoms with Crippen LogP contribution in [0.3, 0.4) is 0 Å². The summed E-state index contributed by atoms with van der Waals surface area (Å²) < 4.78 is 0. The maximum atomic E-state index is 11.2. The Morgan fingerprint density at radius 2 is 2.00 bits per heavy atom. The topological polar surface area (TPSA) is 20.3 Å². The van der Waals surface area contributed by atoms with Crippen molar-refractivity contribution in [3.63, 3.8) is 0 Å². The van der Waals surface area contributed by atoms with Crippen molar-refractivity contribution >= 4 is 5.91 Å². The van der Waals surface area contributed by atoms with Crippen molar-refractivity contribution in [2.75, 3.05) is 6.54 Å². The van der Waals surface area contributed by atoms with Crippen molar-refractivity contribution in [3.05, 3.63) is 0 Å². The normalized spacial score (nSPS) is 18.2. The molecule has 0 radical (unpaired) electrons. The Kier molecular flexibility index (Phi) is 3.57. The first-order chi connectivity index (χ1) is 5.75. The fourth-order valence-corrected chi connectivity index (χ4v) is 2.05. The summed E-state index contributed by atoms with van der Waals surface area (Å²) in [6.07, 6.45) is 6.13. The average molecular weight is 169 g/mol. The summed E-state index contributed by atoms with van der Waals surface area (Å²) in [6, 6.07) is 0.558. The number of carbonyl (C=O) groups is 1. The first-order valence-electron chi connectivity index (χ1n) is 5.03. The average Bonchev–Trinajstić information content (AvgIpc) is 2.51. The second-order valence-corrected chi connectivity index (χ2v) is 3.65. The summed E-state index contributed by atoms with van der Waals surface area (Å²) in [5.41, 5.74) is 0. The van der Waals surface area contributed by atoms with E-state index in [1.54, 1.807) is 6.92 Å². The van der Waals surface area contributed by atoms with Gasteiger partial charge in [-0.3, -0.25) is 4.79 Å². The van der Waals surface area contributed by atoms with Crippen molar-refractivity contribution in [2.24, 2.45) is 0 Å². The molecule has 0 aromatic carbocycles. The first-order valence-corrected chi connectivity index (χ1v) is 5.03. The van der Waals surface area contributed by atoms with Crippen molar-refractivity contribution in [2.45, 2.75) is 52.0 Å². The third-order valence-electron chi connectivity index (χ3n) is 2.63. The number of amides is 1. The summed E-state index contributed by atoms with van der Waals surface area (Å²) in [7, 11) is 0. The van der Waals surface area contributed by atoms with Crippen LogP contribution in [0.2, 0.25) is 0 Å². The summed E-state index contributed by atoms with van der Waals surface area (Å²) in [5.74, 6) is 0.253. The summed E-state index contributed by atoms with van der Waals surface area (Å²) in [4.78, 5) is 13.3. The van der Waals surface area contributed by atoms with Gasteiger partial charge in [0.25, 0.3) is 0 Å². The molecule has 70 valence electrons. The summed E-state index contributed by atoms with van der Waals surface area (Å²) >= 11 is 0. The minimum Gasteiger partial charge on any atom is -0.340 e. The molecule has 0 aromatic heterocycles. The Morgan fingerprint density at radius 1 is 1.42 bits per heavy atom. The number of rotatable bonds is 3. The van der Waals surface area contributed by atoms with E-state index in [-0.39, 0.29) is 5.91 Å². The number of hydrogen-bond donors (Lipinski definition) is 0. The molecular formula is C10H19NO. The maximum absolute atomic E-state index is 11.2. The Labute approximate surface area is 74.9 Å². The number of carbonyl (C=O) groups excluding carboxylic acids is 1. The molecular weight excluding hydrogens is 150 g/mol. The van der Waals surface area contributed by atoms with Gasteiger partial charge in [0, 0.05) is 19.5 Å². The van der Waals surface area contributed by atoms with Crippen LogP contribution in [0, 0.1) is 0 Å². The first kappa shape index (κ1) is 9.56. The van der Waals surface area contributed by atoms with Crippen LogP contribution in [0.4, 0.5) is 0 Å². The van der Waals surface area contributed by atoms with Gasteiger partial charge in [-0.2, -0.15) is 0 Å². The summed E-state index contributed by atoms with van der Waals surface area (Å²) in [5, 5.41) is 0. The van der Waals surface area contributed by atoms with E-state index in [1.807, 2.05) is 4.90 Å². The minimum absolute atomic E-state index is 0.253. The number of nitrogens with zero attached hydrogens (tertiary/aromatic N) is 1. The smallest absolute Gasteiger partial charge is 0.219 e. The lowest BCUT2D eigenvalue weighted by Crippen LogP contribution is -2.37. The molecule has 1 aliphatic carbocycles. The predicted molar refractivity (Wildman–Crippen MR) is 49.9 cm³/mol. The molecule has 0 spiro atoms. The Hall–Kier alpha value is -0.530. The fourth-order valence-electron chi connectivity index (χ4n) is 2.05. The van der Waals surface area contributed by atoms with Crippen LogP contribution in [-0.4, -0.2) is 23.4 Å². The second kappa shape index (κ2) is 4.48. The molecule has 0 saturated heterocycles. The SMILES string of the molecule is CCCN(C(C)=O)C1CCCC1. The van der Waals surface area contributed by atoms with E-state index < -0.39 is 0 Å². The molecule has 0 unspecified atom stereocenters. The maximum Gasteiger partial charge on any atom is 0.219 e. The van der Waals surface area contributed by atoms with E-state index >= 15 is 0 Å². The lowest BCUT2D eigenvalue weighted by molar-refractivity contribution is -0.131. The molecule has 0 aromatic rings. The fraction of sp³-hybridized carbons (Fsp3) is 0.900. The van der Waals surface area contributed by atoms with Gasteiger partial charge < -0.3 is 4.90 Å². The Morgan fingerprint density at radius 3 is 2.42 bits per heavy atom. The molecule has 0 heterocycles. The molecule has 1 saturated carbocycles. The van der Waals surface area contributed by atoms with Gasteiger partial charge in [0.2, 0.25) is 5.91 Å². The van der Waals surface area contributed by atoms with Gasteiger partial charge in [0.15, 0.2) is 0 Å². The monoisotopic (exact) mass is 169 g/mol. The van der Waals surface area contributed by atoms with Gasteiger partial charge >= 0.3 is 0 Å². The lowest BCUT2D eigenvalue weighted by atomic mass is 10.2. The molecule has 1 fully saturated rings. The van der Waals surface area contributed by atoms with Crippen LogP contribution in [0.5, 0.6) is 0 Å². The van der Waals surface area contributed by atoms with Crippen LogP contribution in [0.15, 0.2) is 0 Å². The molecule has 1 amide bonds. The van der Waals surface area contributed by atoms with E-state index in [4.69, 9.17) is 0 Å². The van der Waals surface area contributed by atoms with E-state index in [0.717, 1.165) is 13.0 Å². The van der Waals surface area contributed by atoms with Crippen LogP contribution in [-0.2, 0) is 4.79 Å². The Balaban J connectivity index is 2.45. The molecule has 1 aliphatic rings. The molecule has 12 heavy (non-hydrogen) atoms. The highest BCUT2D eigenvalue weighted by atomic mass is 16.2. The molecule has 0 N–H and O–H groups in total. The highest BCUT2D eigenvalue weighted by Gasteiger charge is 2.23. The van der Waals surface area contributed by atoms with Crippen LogP contribution in [0.1, 0.15) is 46.0 Å². The molecule has 0 atom stereocenters. The van der Waals surface area contributed by atoms with Crippen molar-refractivity contribution in [3.8, 4) is 0 Å². The number of hydrogen-bond acceptors (Lipinski definition) is 1. The van der Waals surface area contributed by atoms with E-state index in [1.165, 1.54) is 25.7 Å². The minimum atomic E-state index is 0.253. The predicted octanol–water partition coefficient (Wildman–Crippen LogP) is 2.19. The highest BCUT2D eigenvalue weighted by molar-refractivity contribution is 5.73. The van der Waals surface area contributed by atoms with Gasteiger partial charge in [-0.05, 0) is 19.3 Å². The van der Waals surface area contributed by atoms with E-state index in [9.17, 15) is 4.79 Å². The van der Waals surface area contributed by atoms with Gasteiger partial charge in [0.05, 0.1) is 0 Å².